The van der Waals surface area contributed by atoms with Crippen LogP contribution in [0.2, 0.25) is 0 Å². The highest BCUT2D eigenvalue weighted by atomic mass is 32.2. The van der Waals surface area contributed by atoms with Crippen molar-refractivity contribution < 1.29 is 8.42 Å². The van der Waals surface area contributed by atoms with Crippen LogP contribution in [0.25, 0.3) is 0 Å². The van der Waals surface area contributed by atoms with E-state index < -0.39 is 9.84 Å². The first-order valence-electron chi connectivity index (χ1n) is 7.58. The largest absolute Gasteiger partial charge is 0.366 e. The van der Waals surface area contributed by atoms with E-state index in [1.807, 2.05) is 37.3 Å². The summed E-state index contributed by atoms with van der Waals surface area (Å²) in [5.41, 5.74) is 2.82. The van der Waals surface area contributed by atoms with Gasteiger partial charge in [0.05, 0.1) is 5.75 Å². The molecule has 0 unspecified atom stereocenters. The monoisotopic (exact) mass is 333 g/mol. The highest BCUT2D eigenvalue weighted by molar-refractivity contribution is 7.89. The Morgan fingerprint density at radius 1 is 1.09 bits per heavy atom. The molecule has 1 N–H and O–H groups in total. The van der Waals surface area contributed by atoms with Crippen LogP contribution in [-0.2, 0) is 22.1 Å². The van der Waals surface area contributed by atoms with Gasteiger partial charge in [-0.25, -0.2) is 18.4 Å². The maximum absolute atomic E-state index is 11.3. The molecule has 0 spiro atoms. The Bertz CT molecular complexity index is 769. The van der Waals surface area contributed by atoms with Gasteiger partial charge in [-0.15, -0.1) is 0 Å². The minimum atomic E-state index is -3.00. The molecular formula is C17H23N3O2S. The van der Waals surface area contributed by atoms with Gasteiger partial charge in [-0.1, -0.05) is 38.1 Å². The predicted molar refractivity (Wildman–Crippen MR) is 93.2 cm³/mol. The van der Waals surface area contributed by atoms with Crippen LogP contribution in [0.4, 0.5) is 5.82 Å². The third-order valence-electron chi connectivity index (χ3n) is 3.31. The van der Waals surface area contributed by atoms with Crippen molar-refractivity contribution in [2.75, 3.05) is 11.6 Å². The molecule has 0 bridgehead atoms. The van der Waals surface area contributed by atoms with E-state index in [0.29, 0.717) is 6.54 Å². The van der Waals surface area contributed by atoms with Crippen molar-refractivity contribution in [2.45, 2.75) is 39.0 Å². The van der Waals surface area contributed by atoms with Gasteiger partial charge in [0.15, 0.2) is 9.84 Å². The molecule has 0 saturated carbocycles. The first-order valence-corrected chi connectivity index (χ1v) is 9.64. The van der Waals surface area contributed by atoms with E-state index in [0.717, 1.165) is 28.5 Å². The van der Waals surface area contributed by atoms with E-state index in [-0.39, 0.29) is 11.7 Å². The molecule has 1 aromatic carbocycles. The Morgan fingerprint density at radius 3 is 2.26 bits per heavy atom. The Morgan fingerprint density at radius 2 is 1.70 bits per heavy atom. The van der Waals surface area contributed by atoms with Crippen LogP contribution >= 0.6 is 0 Å². The second-order valence-corrected chi connectivity index (χ2v) is 8.29. The summed E-state index contributed by atoms with van der Waals surface area (Å²) in [7, 11) is -3.00. The Hall–Kier alpha value is -1.95. The van der Waals surface area contributed by atoms with Gasteiger partial charge >= 0.3 is 0 Å². The van der Waals surface area contributed by atoms with Crippen molar-refractivity contribution in [3.8, 4) is 0 Å². The number of sulfone groups is 1. The lowest BCUT2D eigenvalue weighted by molar-refractivity contribution is 0.601. The third-order valence-corrected chi connectivity index (χ3v) is 4.17. The summed E-state index contributed by atoms with van der Waals surface area (Å²) in [6, 6.07) is 9.49. The van der Waals surface area contributed by atoms with E-state index in [1.165, 1.54) is 6.26 Å². The average molecular weight is 333 g/mol. The highest BCUT2D eigenvalue weighted by Gasteiger charge is 2.07. The zero-order valence-corrected chi connectivity index (χ0v) is 14.8. The number of rotatable bonds is 6. The number of hydrogen-bond donors (Lipinski definition) is 1. The molecule has 1 aromatic heterocycles. The molecule has 1 heterocycles. The zero-order chi connectivity index (χ0) is 17.0. The first-order chi connectivity index (χ1) is 10.7. The molecule has 0 fully saturated rings. The molecule has 6 heteroatoms. The molecule has 2 rings (SSSR count). The Labute approximate surface area is 138 Å². The molecule has 5 nitrogen and oxygen atoms in total. The molecule has 23 heavy (non-hydrogen) atoms. The van der Waals surface area contributed by atoms with Crippen LogP contribution in [0.15, 0.2) is 30.3 Å². The SMILES string of the molecule is Cc1cc(NCc2ccc(CS(C)(=O)=O)cc2)nc(C(C)C)n1. The number of benzene rings is 1. The van der Waals surface area contributed by atoms with Crippen molar-refractivity contribution in [1.29, 1.82) is 0 Å². The highest BCUT2D eigenvalue weighted by Crippen LogP contribution is 2.15. The third kappa shape index (κ3) is 5.63. The Kier molecular flexibility index (Phi) is 5.36. The molecule has 0 aliphatic carbocycles. The van der Waals surface area contributed by atoms with Gasteiger partial charge in [0.1, 0.15) is 11.6 Å². The number of aryl methyl sites for hydroxylation is 1. The lowest BCUT2D eigenvalue weighted by Crippen LogP contribution is -2.07. The summed E-state index contributed by atoms with van der Waals surface area (Å²) >= 11 is 0. The van der Waals surface area contributed by atoms with Crippen molar-refractivity contribution in [3.05, 3.63) is 53.0 Å². The maximum atomic E-state index is 11.3. The van der Waals surface area contributed by atoms with Crippen molar-refractivity contribution in [2.24, 2.45) is 0 Å². The van der Waals surface area contributed by atoms with Crippen LogP contribution in [0.1, 0.15) is 42.4 Å². The van der Waals surface area contributed by atoms with Gasteiger partial charge in [0, 0.05) is 30.5 Å². The van der Waals surface area contributed by atoms with Crippen molar-refractivity contribution in [1.82, 2.24) is 9.97 Å². The maximum Gasteiger partial charge on any atom is 0.151 e. The standard InChI is InChI=1S/C17H23N3O2S/c1-12(2)17-19-13(3)9-16(20-17)18-10-14-5-7-15(8-6-14)11-23(4,21)22/h5-9,12H,10-11H2,1-4H3,(H,18,19,20). The van der Waals surface area contributed by atoms with Crippen LogP contribution in [-0.4, -0.2) is 24.6 Å². The number of nitrogens with one attached hydrogen (secondary N) is 1. The van der Waals surface area contributed by atoms with Crippen LogP contribution in [0.3, 0.4) is 0 Å². The fourth-order valence-electron chi connectivity index (χ4n) is 2.19. The van der Waals surface area contributed by atoms with Crippen LogP contribution < -0.4 is 5.32 Å². The first kappa shape index (κ1) is 17.4. The minimum absolute atomic E-state index is 0.0730. The lowest BCUT2D eigenvalue weighted by atomic mass is 10.1. The summed E-state index contributed by atoms with van der Waals surface area (Å²) < 4.78 is 22.6. The molecule has 0 aliphatic heterocycles. The van der Waals surface area contributed by atoms with E-state index in [1.54, 1.807) is 0 Å². The number of hydrogen-bond acceptors (Lipinski definition) is 5. The quantitative estimate of drug-likeness (QED) is 0.879. The van der Waals surface area contributed by atoms with Gasteiger partial charge in [-0.2, -0.15) is 0 Å². The molecule has 2 aromatic rings. The predicted octanol–water partition coefficient (Wildman–Crippen LogP) is 3.07. The fraction of sp³-hybridized carbons (Fsp3) is 0.412. The number of nitrogens with zero attached hydrogens (tertiary/aromatic N) is 2. The molecule has 0 radical (unpaired) electrons. The van der Waals surface area contributed by atoms with Crippen LogP contribution in [0.5, 0.6) is 0 Å². The lowest BCUT2D eigenvalue weighted by Gasteiger charge is -2.10. The second kappa shape index (κ2) is 7.08. The summed E-state index contributed by atoms with van der Waals surface area (Å²) in [5.74, 6) is 1.99. The number of anilines is 1. The normalized spacial score (nSPS) is 11.7. The van der Waals surface area contributed by atoms with Crippen molar-refractivity contribution in [3.63, 3.8) is 0 Å². The van der Waals surface area contributed by atoms with Crippen molar-refractivity contribution >= 4 is 15.7 Å². The Balaban J connectivity index is 2.04. The molecule has 124 valence electrons. The molecule has 0 atom stereocenters. The van der Waals surface area contributed by atoms with E-state index in [9.17, 15) is 8.42 Å². The van der Waals surface area contributed by atoms with E-state index >= 15 is 0 Å². The zero-order valence-electron chi connectivity index (χ0n) is 14.0. The van der Waals surface area contributed by atoms with Crippen LogP contribution in [0, 0.1) is 6.92 Å². The molecule has 0 amide bonds. The fourth-order valence-corrected chi connectivity index (χ4v) is 2.99. The van der Waals surface area contributed by atoms with Gasteiger partial charge < -0.3 is 5.32 Å². The topological polar surface area (TPSA) is 72.0 Å². The minimum Gasteiger partial charge on any atom is -0.366 e. The summed E-state index contributed by atoms with van der Waals surface area (Å²) in [5, 5.41) is 3.30. The van der Waals surface area contributed by atoms with Gasteiger partial charge in [0.2, 0.25) is 0 Å². The number of aromatic nitrogens is 2. The van der Waals surface area contributed by atoms with E-state index in [4.69, 9.17) is 0 Å². The molecule has 0 aliphatic rings. The van der Waals surface area contributed by atoms with Gasteiger partial charge in [0.25, 0.3) is 0 Å². The summed E-state index contributed by atoms with van der Waals surface area (Å²) in [6.07, 6.45) is 1.24. The van der Waals surface area contributed by atoms with Gasteiger partial charge in [-0.05, 0) is 18.1 Å². The average Bonchev–Trinajstić information content (AvgIpc) is 2.44. The summed E-state index contributed by atoms with van der Waals surface area (Å²) in [4.78, 5) is 8.94. The molecule has 0 saturated heterocycles. The second-order valence-electron chi connectivity index (χ2n) is 6.15. The molecular weight excluding hydrogens is 310 g/mol. The summed E-state index contributed by atoms with van der Waals surface area (Å²) in [6.45, 7) is 6.73. The van der Waals surface area contributed by atoms with Gasteiger partial charge in [-0.3, -0.25) is 0 Å². The smallest absolute Gasteiger partial charge is 0.151 e. The van der Waals surface area contributed by atoms with E-state index in [2.05, 4.69) is 29.1 Å².